The van der Waals surface area contributed by atoms with Gasteiger partial charge in [0.25, 0.3) is 0 Å². The predicted octanol–water partition coefficient (Wildman–Crippen LogP) is 5.56. The number of esters is 1. The summed E-state index contributed by atoms with van der Waals surface area (Å²) in [5.74, 6) is -0.434. The van der Waals surface area contributed by atoms with Crippen molar-refractivity contribution in [3.8, 4) is 0 Å². The van der Waals surface area contributed by atoms with Crippen molar-refractivity contribution in [1.82, 2.24) is 5.32 Å². The van der Waals surface area contributed by atoms with Crippen LogP contribution in [0.15, 0.2) is 48.5 Å². The number of anilines is 1. The molecule has 0 aliphatic carbocycles. The number of carbonyl (C=O) groups is 1. The maximum Gasteiger partial charge on any atom is 0.339 e. The topological polar surface area (TPSA) is 50.4 Å². The summed E-state index contributed by atoms with van der Waals surface area (Å²) in [7, 11) is 0. The summed E-state index contributed by atoms with van der Waals surface area (Å²) in [5.41, 5.74) is 2.37. The van der Waals surface area contributed by atoms with Crippen LogP contribution in [-0.2, 0) is 10.2 Å². The van der Waals surface area contributed by atoms with Gasteiger partial charge in [-0.1, -0.05) is 55.8 Å². The largest absolute Gasteiger partial charge is 0.462 e. The lowest BCUT2D eigenvalue weighted by molar-refractivity contribution is 0.0526. The average Bonchev–Trinajstić information content (AvgIpc) is 2.62. The van der Waals surface area contributed by atoms with Crippen molar-refractivity contribution in [2.75, 3.05) is 11.9 Å². The first-order chi connectivity index (χ1) is 13.2. The molecule has 2 aromatic rings. The van der Waals surface area contributed by atoms with Gasteiger partial charge >= 0.3 is 5.97 Å². The Morgan fingerprint density at radius 1 is 1.21 bits per heavy atom. The molecule has 2 aromatic carbocycles. The number of carbonyl (C=O) groups excluding carboxylic acids is 1. The van der Waals surface area contributed by atoms with E-state index in [4.69, 9.17) is 28.6 Å². The molecule has 0 heterocycles. The van der Waals surface area contributed by atoms with Gasteiger partial charge in [0.1, 0.15) is 0 Å². The van der Waals surface area contributed by atoms with Crippen LogP contribution in [0.4, 0.5) is 5.69 Å². The number of benzene rings is 2. The molecule has 150 valence electrons. The number of halogens is 1. The minimum atomic E-state index is -0.434. The Hall–Kier alpha value is -2.11. The van der Waals surface area contributed by atoms with E-state index in [2.05, 4.69) is 55.7 Å². The molecule has 0 amide bonds. The van der Waals surface area contributed by atoms with Crippen LogP contribution in [0.3, 0.4) is 0 Å². The van der Waals surface area contributed by atoms with Gasteiger partial charge in [-0.05, 0) is 61.7 Å². The Balaban J connectivity index is 1.94. The second-order valence-electron chi connectivity index (χ2n) is 7.37. The van der Waals surface area contributed by atoms with E-state index in [0.29, 0.717) is 28.0 Å². The van der Waals surface area contributed by atoms with Crippen molar-refractivity contribution in [1.29, 1.82) is 0 Å². The fourth-order valence-corrected chi connectivity index (χ4v) is 3.76. The Morgan fingerprint density at radius 3 is 2.50 bits per heavy atom. The van der Waals surface area contributed by atoms with E-state index in [0.717, 1.165) is 6.42 Å². The molecule has 0 aliphatic heterocycles. The van der Waals surface area contributed by atoms with Gasteiger partial charge in [0, 0.05) is 11.7 Å². The van der Waals surface area contributed by atoms with E-state index in [1.165, 1.54) is 5.56 Å². The van der Waals surface area contributed by atoms with Crippen molar-refractivity contribution in [2.45, 2.75) is 45.6 Å². The lowest BCUT2D eigenvalue weighted by Crippen LogP contribution is -2.39. The zero-order valence-corrected chi connectivity index (χ0v) is 18.3. The number of nitrogens with one attached hydrogen (secondary N) is 2. The Labute approximate surface area is 177 Å². The monoisotopic (exact) mass is 418 g/mol. The standard InChI is InChI=1S/C22H27ClN2O2S/c1-5-27-20(26)18-12-11-17(13-19(18)23)25-21(28)24-15(2)14-22(3,4)16-9-7-6-8-10-16/h6-13,15H,5,14H2,1-4H3,(H2,24,25,28). The predicted molar refractivity (Wildman–Crippen MR) is 120 cm³/mol. The Kier molecular flexibility index (Phi) is 7.84. The van der Waals surface area contributed by atoms with Gasteiger partial charge in [0.2, 0.25) is 0 Å². The van der Waals surface area contributed by atoms with Crippen molar-refractivity contribution in [3.05, 3.63) is 64.7 Å². The highest BCUT2D eigenvalue weighted by molar-refractivity contribution is 7.80. The molecule has 28 heavy (non-hydrogen) atoms. The molecule has 0 fully saturated rings. The smallest absolute Gasteiger partial charge is 0.339 e. The van der Waals surface area contributed by atoms with Crippen LogP contribution in [0, 0.1) is 0 Å². The van der Waals surface area contributed by atoms with Gasteiger partial charge < -0.3 is 15.4 Å². The molecule has 0 aromatic heterocycles. The minimum absolute atomic E-state index is 0.0217. The molecular weight excluding hydrogens is 392 g/mol. The summed E-state index contributed by atoms with van der Waals surface area (Å²) in [4.78, 5) is 11.8. The van der Waals surface area contributed by atoms with E-state index in [1.54, 1.807) is 25.1 Å². The highest BCUT2D eigenvalue weighted by atomic mass is 35.5. The Bertz CT molecular complexity index is 825. The summed E-state index contributed by atoms with van der Waals surface area (Å²) in [6, 6.07) is 15.7. The molecule has 0 bridgehead atoms. The summed E-state index contributed by atoms with van der Waals surface area (Å²) >= 11 is 11.6. The summed E-state index contributed by atoms with van der Waals surface area (Å²) in [5, 5.41) is 7.27. The number of rotatable bonds is 7. The van der Waals surface area contributed by atoms with Crippen molar-refractivity contribution < 1.29 is 9.53 Å². The van der Waals surface area contributed by atoms with E-state index in [9.17, 15) is 4.79 Å². The number of ether oxygens (including phenoxy) is 1. The molecule has 1 unspecified atom stereocenters. The van der Waals surface area contributed by atoms with E-state index in [1.807, 2.05) is 6.07 Å². The fraction of sp³-hybridized carbons (Fsp3) is 0.364. The van der Waals surface area contributed by atoms with Crippen LogP contribution in [0.25, 0.3) is 0 Å². The fourth-order valence-electron chi connectivity index (χ4n) is 3.18. The van der Waals surface area contributed by atoms with E-state index >= 15 is 0 Å². The summed E-state index contributed by atoms with van der Waals surface area (Å²) < 4.78 is 4.98. The van der Waals surface area contributed by atoms with Gasteiger partial charge in [-0.3, -0.25) is 0 Å². The third kappa shape index (κ3) is 6.21. The number of thiocarbonyl (C=S) groups is 1. The zero-order valence-electron chi connectivity index (χ0n) is 16.7. The van der Waals surface area contributed by atoms with E-state index < -0.39 is 5.97 Å². The lowest BCUT2D eigenvalue weighted by Gasteiger charge is -2.29. The summed E-state index contributed by atoms with van der Waals surface area (Å²) in [6.07, 6.45) is 0.918. The van der Waals surface area contributed by atoms with Crippen LogP contribution in [0.1, 0.15) is 50.0 Å². The minimum Gasteiger partial charge on any atom is -0.462 e. The first-order valence-corrected chi connectivity index (χ1v) is 10.1. The second kappa shape index (κ2) is 9.89. The van der Waals surface area contributed by atoms with Gasteiger partial charge in [-0.25, -0.2) is 4.79 Å². The molecule has 0 radical (unpaired) electrons. The van der Waals surface area contributed by atoms with Crippen LogP contribution in [-0.4, -0.2) is 23.7 Å². The van der Waals surface area contributed by atoms with Gasteiger partial charge in [-0.15, -0.1) is 0 Å². The molecule has 0 spiro atoms. The normalized spacial score (nSPS) is 12.2. The van der Waals surface area contributed by atoms with E-state index in [-0.39, 0.29) is 11.5 Å². The maximum atomic E-state index is 11.8. The highest BCUT2D eigenvalue weighted by Gasteiger charge is 2.23. The molecule has 0 saturated heterocycles. The first kappa shape index (κ1) is 22.2. The SMILES string of the molecule is CCOC(=O)c1ccc(NC(=S)NC(C)CC(C)(C)c2ccccc2)cc1Cl. The van der Waals surface area contributed by atoms with Crippen molar-refractivity contribution in [2.24, 2.45) is 0 Å². The molecule has 0 saturated carbocycles. The van der Waals surface area contributed by atoms with Crippen LogP contribution >= 0.6 is 23.8 Å². The molecule has 2 rings (SSSR count). The van der Waals surface area contributed by atoms with Crippen LogP contribution < -0.4 is 10.6 Å². The third-order valence-electron chi connectivity index (χ3n) is 4.47. The van der Waals surface area contributed by atoms with Crippen LogP contribution in [0.2, 0.25) is 5.02 Å². The number of hydrogen-bond donors (Lipinski definition) is 2. The van der Waals surface area contributed by atoms with Gasteiger partial charge in [0.05, 0.1) is 17.2 Å². The van der Waals surface area contributed by atoms with Crippen LogP contribution in [0.5, 0.6) is 0 Å². The second-order valence-corrected chi connectivity index (χ2v) is 8.18. The molecule has 0 aliphatic rings. The summed E-state index contributed by atoms with van der Waals surface area (Å²) in [6.45, 7) is 8.62. The van der Waals surface area contributed by atoms with Gasteiger partial charge in [-0.2, -0.15) is 0 Å². The van der Waals surface area contributed by atoms with Crippen molar-refractivity contribution >= 4 is 40.6 Å². The highest BCUT2D eigenvalue weighted by Crippen LogP contribution is 2.28. The Morgan fingerprint density at radius 2 is 1.89 bits per heavy atom. The molecule has 2 N–H and O–H groups in total. The lowest BCUT2D eigenvalue weighted by atomic mass is 9.79. The van der Waals surface area contributed by atoms with Gasteiger partial charge in [0.15, 0.2) is 5.11 Å². The van der Waals surface area contributed by atoms with Crippen molar-refractivity contribution in [3.63, 3.8) is 0 Å². The first-order valence-electron chi connectivity index (χ1n) is 9.32. The number of hydrogen-bond acceptors (Lipinski definition) is 3. The maximum absolute atomic E-state index is 11.8. The zero-order chi connectivity index (χ0) is 20.7. The molecule has 4 nitrogen and oxygen atoms in total. The quantitative estimate of drug-likeness (QED) is 0.455. The molecule has 6 heteroatoms. The third-order valence-corrected chi connectivity index (χ3v) is 5.00. The molecular formula is C22H27ClN2O2S. The molecule has 1 atom stereocenters. The average molecular weight is 419 g/mol.